The third kappa shape index (κ3) is 2.80. The van der Waals surface area contributed by atoms with Gasteiger partial charge in [0.15, 0.2) is 0 Å². The summed E-state index contributed by atoms with van der Waals surface area (Å²) < 4.78 is 0. The number of carbonyl (C=O) groups is 1. The number of hydrogen-bond acceptors (Lipinski definition) is 2. The molecule has 13 heavy (non-hydrogen) atoms. The van der Waals surface area contributed by atoms with Crippen molar-refractivity contribution < 1.29 is 4.79 Å². The predicted octanol–water partition coefficient (Wildman–Crippen LogP) is 2.14. The standard InChI is InChI=1S/C11H21NO/c1-3-4-6-10(13)11(2)7-5-8-12-9-11/h12H,3-9H2,1-2H3. The van der Waals surface area contributed by atoms with E-state index in [1.807, 2.05) is 0 Å². The zero-order chi connectivity index (χ0) is 9.73. The zero-order valence-electron chi connectivity index (χ0n) is 8.86. The summed E-state index contributed by atoms with van der Waals surface area (Å²) in [7, 11) is 0. The lowest BCUT2D eigenvalue weighted by atomic mass is 9.77. The third-order valence-corrected chi connectivity index (χ3v) is 3.03. The van der Waals surface area contributed by atoms with Crippen LogP contribution in [0.2, 0.25) is 0 Å². The molecule has 1 aliphatic rings. The fourth-order valence-corrected chi connectivity index (χ4v) is 1.93. The van der Waals surface area contributed by atoms with E-state index in [9.17, 15) is 4.79 Å². The summed E-state index contributed by atoms with van der Waals surface area (Å²) in [5, 5.41) is 3.31. The molecule has 0 aromatic heterocycles. The maximum Gasteiger partial charge on any atom is 0.140 e. The Hall–Kier alpha value is -0.370. The molecule has 0 aromatic rings. The van der Waals surface area contributed by atoms with Gasteiger partial charge in [0.05, 0.1) is 0 Å². The molecule has 0 spiro atoms. The maximum atomic E-state index is 11.8. The van der Waals surface area contributed by atoms with Crippen LogP contribution < -0.4 is 5.32 Å². The lowest BCUT2D eigenvalue weighted by Crippen LogP contribution is -2.43. The van der Waals surface area contributed by atoms with Crippen LogP contribution in [0.5, 0.6) is 0 Å². The molecule has 1 heterocycles. The number of piperidine rings is 1. The van der Waals surface area contributed by atoms with Gasteiger partial charge in [0.2, 0.25) is 0 Å². The van der Waals surface area contributed by atoms with E-state index in [0.717, 1.165) is 45.2 Å². The highest BCUT2D eigenvalue weighted by atomic mass is 16.1. The van der Waals surface area contributed by atoms with Crippen LogP contribution >= 0.6 is 0 Å². The van der Waals surface area contributed by atoms with Crippen LogP contribution in [-0.2, 0) is 4.79 Å². The number of rotatable bonds is 4. The van der Waals surface area contributed by atoms with Crippen molar-refractivity contribution in [1.82, 2.24) is 5.32 Å². The second-order valence-corrected chi connectivity index (χ2v) is 4.37. The van der Waals surface area contributed by atoms with Crippen molar-refractivity contribution >= 4 is 5.78 Å². The molecule has 1 unspecified atom stereocenters. The van der Waals surface area contributed by atoms with E-state index in [4.69, 9.17) is 0 Å². The number of ketones is 1. The van der Waals surface area contributed by atoms with Crippen LogP contribution in [0.25, 0.3) is 0 Å². The SMILES string of the molecule is CCCCC(=O)C1(C)CCCNC1. The fraction of sp³-hybridized carbons (Fsp3) is 0.909. The molecule has 1 aliphatic heterocycles. The van der Waals surface area contributed by atoms with Gasteiger partial charge in [0.1, 0.15) is 5.78 Å². The Balaban J connectivity index is 2.42. The Morgan fingerprint density at radius 2 is 2.31 bits per heavy atom. The van der Waals surface area contributed by atoms with E-state index in [1.54, 1.807) is 0 Å². The van der Waals surface area contributed by atoms with Gasteiger partial charge in [0.25, 0.3) is 0 Å². The third-order valence-electron chi connectivity index (χ3n) is 3.03. The number of nitrogens with one attached hydrogen (secondary N) is 1. The Morgan fingerprint density at radius 1 is 1.54 bits per heavy atom. The molecule has 1 atom stereocenters. The lowest BCUT2D eigenvalue weighted by molar-refractivity contribution is -0.128. The molecule has 1 saturated heterocycles. The zero-order valence-corrected chi connectivity index (χ0v) is 8.86. The van der Waals surface area contributed by atoms with Gasteiger partial charge in [-0.25, -0.2) is 0 Å². The second-order valence-electron chi connectivity index (χ2n) is 4.37. The van der Waals surface area contributed by atoms with Crippen LogP contribution in [-0.4, -0.2) is 18.9 Å². The molecule has 0 aliphatic carbocycles. The summed E-state index contributed by atoms with van der Waals surface area (Å²) in [4.78, 5) is 11.8. The summed E-state index contributed by atoms with van der Waals surface area (Å²) in [6.45, 7) is 6.21. The molecule has 0 saturated carbocycles. The molecule has 0 aromatic carbocycles. The van der Waals surface area contributed by atoms with E-state index < -0.39 is 0 Å². The van der Waals surface area contributed by atoms with Crippen molar-refractivity contribution in [3.8, 4) is 0 Å². The first-order valence-electron chi connectivity index (χ1n) is 5.43. The largest absolute Gasteiger partial charge is 0.316 e. The minimum Gasteiger partial charge on any atom is -0.316 e. The monoisotopic (exact) mass is 183 g/mol. The Morgan fingerprint density at radius 3 is 2.85 bits per heavy atom. The van der Waals surface area contributed by atoms with Gasteiger partial charge < -0.3 is 5.32 Å². The molecular weight excluding hydrogens is 162 g/mol. The van der Waals surface area contributed by atoms with Crippen molar-refractivity contribution in [3.63, 3.8) is 0 Å². The summed E-state index contributed by atoms with van der Waals surface area (Å²) in [6.07, 6.45) is 5.16. The lowest BCUT2D eigenvalue weighted by Gasteiger charge is -2.32. The number of Topliss-reactive ketones (excluding diaryl/α,β-unsaturated/α-hetero) is 1. The van der Waals surface area contributed by atoms with Crippen molar-refractivity contribution in [2.45, 2.75) is 46.0 Å². The highest BCUT2D eigenvalue weighted by molar-refractivity contribution is 5.84. The summed E-state index contributed by atoms with van der Waals surface area (Å²) in [5.74, 6) is 0.460. The summed E-state index contributed by atoms with van der Waals surface area (Å²) in [6, 6.07) is 0. The highest BCUT2D eigenvalue weighted by Crippen LogP contribution is 2.28. The molecule has 2 nitrogen and oxygen atoms in total. The van der Waals surface area contributed by atoms with Gasteiger partial charge in [-0.15, -0.1) is 0 Å². The number of unbranched alkanes of at least 4 members (excludes halogenated alkanes) is 1. The first-order valence-corrected chi connectivity index (χ1v) is 5.43. The second kappa shape index (κ2) is 4.75. The molecule has 0 amide bonds. The van der Waals surface area contributed by atoms with E-state index in [1.165, 1.54) is 0 Å². The minimum atomic E-state index is -0.0621. The Kier molecular flexibility index (Phi) is 3.91. The average Bonchev–Trinajstić information content (AvgIpc) is 2.15. The molecule has 2 heteroatoms. The summed E-state index contributed by atoms with van der Waals surface area (Å²) >= 11 is 0. The number of hydrogen-bond donors (Lipinski definition) is 1. The van der Waals surface area contributed by atoms with Crippen LogP contribution in [0.1, 0.15) is 46.0 Å². The molecule has 1 rings (SSSR count). The molecule has 0 radical (unpaired) electrons. The van der Waals surface area contributed by atoms with Gasteiger partial charge in [-0.1, -0.05) is 20.3 Å². The van der Waals surface area contributed by atoms with Crippen LogP contribution in [0.3, 0.4) is 0 Å². The van der Waals surface area contributed by atoms with Crippen LogP contribution in [0, 0.1) is 5.41 Å². The van der Waals surface area contributed by atoms with E-state index in [-0.39, 0.29) is 5.41 Å². The first-order chi connectivity index (χ1) is 6.19. The maximum absolute atomic E-state index is 11.8. The topological polar surface area (TPSA) is 29.1 Å². The van der Waals surface area contributed by atoms with Crippen molar-refractivity contribution in [2.24, 2.45) is 5.41 Å². The van der Waals surface area contributed by atoms with Crippen molar-refractivity contribution in [1.29, 1.82) is 0 Å². The highest BCUT2D eigenvalue weighted by Gasteiger charge is 2.33. The molecule has 76 valence electrons. The van der Waals surface area contributed by atoms with Gasteiger partial charge in [-0.3, -0.25) is 4.79 Å². The van der Waals surface area contributed by atoms with Gasteiger partial charge in [0, 0.05) is 18.4 Å². The average molecular weight is 183 g/mol. The molecular formula is C11H21NO. The molecule has 1 fully saturated rings. The quantitative estimate of drug-likeness (QED) is 0.723. The minimum absolute atomic E-state index is 0.0621. The smallest absolute Gasteiger partial charge is 0.140 e. The summed E-state index contributed by atoms with van der Waals surface area (Å²) in [5.41, 5.74) is -0.0621. The fourth-order valence-electron chi connectivity index (χ4n) is 1.93. The van der Waals surface area contributed by atoms with Crippen molar-refractivity contribution in [2.75, 3.05) is 13.1 Å². The van der Waals surface area contributed by atoms with E-state index in [0.29, 0.717) is 5.78 Å². The predicted molar refractivity (Wildman–Crippen MR) is 54.7 cm³/mol. The van der Waals surface area contributed by atoms with Gasteiger partial charge in [-0.05, 0) is 25.8 Å². The van der Waals surface area contributed by atoms with Gasteiger partial charge >= 0.3 is 0 Å². The Labute approximate surface area is 81.1 Å². The van der Waals surface area contributed by atoms with E-state index >= 15 is 0 Å². The molecule has 1 N–H and O–H groups in total. The van der Waals surface area contributed by atoms with Crippen LogP contribution in [0.4, 0.5) is 0 Å². The first kappa shape index (κ1) is 10.7. The number of carbonyl (C=O) groups excluding carboxylic acids is 1. The van der Waals surface area contributed by atoms with Crippen molar-refractivity contribution in [3.05, 3.63) is 0 Å². The molecule has 0 bridgehead atoms. The van der Waals surface area contributed by atoms with Crippen LogP contribution in [0.15, 0.2) is 0 Å². The van der Waals surface area contributed by atoms with E-state index in [2.05, 4.69) is 19.2 Å². The Bertz CT molecular complexity index is 171. The normalized spacial score (nSPS) is 28.8. The van der Waals surface area contributed by atoms with Gasteiger partial charge in [-0.2, -0.15) is 0 Å².